The van der Waals surface area contributed by atoms with E-state index in [0.717, 1.165) is 0 Å². The molecule has 1 aromatic rings. The lowest BCUT2D eigenvalue weighted by Crippen LogP contribution is -2.36. The van der Waals surface area contributed by atoms with Crippen LogP contribution in [0.2, 0.25) is 0 Å². The minimum Gasteiger partial charge on any atom is -0.335 e. The third-order valence-electron chi connectivity index (χ3n) is 2.76. The zero-order valence-electron chi connectivity index (χ0n) is 8.94. The van der Waals surface area contributed by atoms with Gasteiger partial charge in [0.2, 0.25) is 5.91 Å². The number of rotatable bonds is 2. The molecule has 1 fully saturated rings. The van der Waals surface area contributed by atoms with Crippen molar-refractivity contribution < 1.29 is 13.6 Å². The number of hydrogen-bond acceptors (Lipinski definition) is 2. The third-order valence-corrected chi connectivity index (χ3v) is 2.76. The van der Waals surface area contributed by atoms with Crippen LogP contribution in [0.15, 0.2) is 18.5 Å². The Bertz CT molecular complexity index is 377. The Labute approximate surface area is 91.8 Å². The van der Waals surface area contributed by atoms with Gasteiger partial charge in [0.1, 0.15) is 6.04 Å². The average Bonchev–Trinajstić information content (AvgIpc) is 2.84. The van der Waals surface area contributed by atoms with Crippen LogP contribution in [0, 0.1) is 0 Å². The van der Waals surface area contributed by atoms with Crippen molar-refractivity contribution in [3.05, 3.63) is 18.5 Å². The highest BCUT2D eigenvalue weighted by atomic mass is 19.3. The monoisotopic (exact) mass is 229 g/mol. The van der Waals surface area contributed by atoms with Gasteiger partial charge >= 0.3 is 0 Å². The lowest BCUT2D eigenvalue weighted by Gasteiger charge is -2.20. The van der Waals surface area contributed by atoms with E-state index in [1.165, 1.54) is 9.58 Å². The molecule has 1 aliphatic heterocycles. The minimum atomic E-state index is -2.74. The Morgan fingerprint density at radius 3 is 2.81 bits per heavy atom. The fourth-order valence-corrected chi connectivity index (χ4v) is 1.81. The van der Waals surface area contributed by atoms with Gasteiger partial charge in [-0.25, -0.2) is 8.78 Å². The molecule has 2 heterocycles. The first-order valence-electron chi connectivity index (χ1n) is 5.15. The SMILES string of the molecule is C[C@H](C(=O)N1CCC(F)(F)C1)n1cccn1. The van der Waals surface area contributed by atoms with Crippen molar-refractivity contribution in [1.29, 1.82) is 0 Å². The fraction of sp³-hybridized carbons (Fsp3) is 0.600. The summed E-state index contributed by atoms with van der Waals surface area (Å²) in [5, 5.41) is 3.93. The van der Waals surface area contributed by atoms with E-state index >= 15 is 0 Å². The van der Waals surface area contributed by atoms with Crippen molar-refractivity contribution in [2.45, 2.75) is 25.3 Å². The van der Waals surface area contributed by atoms with Gasteiger partial charge in [0.25, 0.3) is 5.92 Å². The molecule has 6 heteroatoms. The summed E-state index contributed by atoms with van der Waals surface area (Å²) in [7, 11) is 0. The van der Waals surface area contributed by atoms with Crippen LogP contribution in [0.3, 0.4) is 0 Å². The van der Waals surface area contributed by atoms with Crippen molar-refractivity contribution >= 4 is 5.91 Å². The Hall–Kier alpha value is -1.46. The van der Waals surface area contributed by atoms with Crippen LogP contribution in [0.4, 0.5) is 8.78 Å². The highest BCUT2D eigenvalue weighted by molar-refractivity contribution is 5.80. The Balaban J connectivity index is 2.04. The summed E-state index contributed by atoms with van der Waals surface area (Å²) in [4.78, 5) is 13.1. The summed E-state index contributed by atoms with van der Waals surface area (Å²) < 4.78 is 27.4. The molecular weight excluding hydrogens is 216 g/mol. The van der Waals surface area contributed by atoms with Crippen molar-refractivity contribution in [2.75, 3.05) is 13.1 Å². The first-order valence-corrected chi connectivity index (χ1v) is 5.15. The predicted octanol–water partition coefficient (Wildman–Crippen LogP) is 1.31. The lowest BCUT2D eigenvalue weighted by molar-refractivity contribution is -0.135. The van der Waals surface area contributed by atoms with E-state index in [0.29, 0.717) is 0 Å². The van der Waals surface area contributed by atoms with Crippen LogP contribution >= 0.6 is 0 Å². The largest absolute Gasteiger partial charge is 0.335 e. The van der Waals surface area contributed by atoms with E-state index < -0.39 is 18.5 Å². The molecule has 1 saturated heterocycles. The van der Waals surface area contributed by atoms with E-state index in [9.17, 15) is 13.6 Å². The van der Waals surface area contributed by atoms with E-state index in [-0.39, 0.29) is 18.9 Å². The second kappa shape index (κ2) is 3.84. The van der Waals surface area contributed by atoms with E-state index in [1.54, 1.807) is 25.4 Å². The molecule has 0 saturated carbocycles. The van der Waals surface area contributed by atoms with Gasteiger partial charge in [-0.3, -0.25) is 9.48 Å². The number of amides is 1. The summed E-state index contributed by atoms with van der Waals surface area (Å²) in [6.45, 7) is 1.31. The number of hydrogen-bond donors (Lipinski definition) is 0. The van der Waals surface area contributed by atoms with Crippen molar-refractivity contribution in [3.8, 4) is 0 Å². The van der Waals surface area contributed by atoms with Gasteiger partial charge in [-0.2, -0.15) is 5.10 Å². The van der Waals surface area contributed by atoms with Crippen molar-refractivity contribution in [1.82, 2.24) is 14.7 Å². The predicted molar refractivity (Wildman–Crippen MR) is 53.1 cm³/mol. The Kier molecular flexibility index (Phi) is 2.65. The molecule has 16 heavy (non-hydrogen) atoms. The van der Waals surface area contributed by atoms with E-state index in [1.807, 2.05) is 0 Å². The number of aromatic nitrogens is 2. The molecule has 0 spiro atoms. The average molecular weight is 229 g/mol. The molecule has 0 aromatic carbocycles. The molecular formula is C10H13F2N3O. The molecule has 2 rings (SSSR count). The first kappa shape index (κ1) is 11.0. The van der Waals surface area contributed by atoms with Crippen LogP contribution < -0.4 is 0 Å². The summed E-state index contributed by atoms with van der Waals surface area (Å²) >= 11 is 0. The Morgan fingerprint density at radius 2 is 2.31 bits per heavy atom. The number of halogens is 2. The van der Waals surface area contributed by atoms with Crippen LogP contribution in [0.5, 0.6) is 0 Å². The maximum Gasteiger partial charge on any atom is 0.267 e. The maximum absolute atomic E-state index is 12.9. The van der Waals surface area contributed by atoms with Gasteiger partial charge in [0, 0.05) is 25.4 Å². The second-order valence-electron chi connectivity index (χ2n) is 4.03. The van der Waals surface area contributed by atoms with Crippen LogP contribution in [0.1, 0.15) is 19.4 Å². The molecule has 1 aromatic heterocycles. The molecule has 1 atom stereocenters. The van der Waals surface area contributed by atoms with E-state index in [2.05, 4.69) is 5.10 Å². The fourth-order valence-electron chi connectivity index (χ4n) is 1.81. The molecule has 0 N–H and O–H groups in total. The molecule has 0 unspecified atom stereocenters. The number of likely N-dealkylation sites (tertiary alicyclic amines) is 1. The zero-order chi connectivity index (χ0) is 11.8. The maximum atomic E-state index is 12.9. The van der Waals surface area contributed by atoms with Gasteiger partial charge < -0.3 is 4.90 Å². The number of nitrogens with zero attached hydrogens (tertiary/aromatic N) is 3. The second-order valence-corrected chi connectivity index (χ2v) is 4.03. The lowest BCUT2D eigenvalue weighted by atomic mass is 10.3. The zero-order valence-corrected chi connectivity index (χ0v) is 8.94. The molecule has 1 aliphatic rings. The first-order chi connectivity index (χ1) is 7.49. The smallest absolute Gasteiger partial charge is 0.267 e. The third kappa shape index (κ3) is 2.05. The molecule has 1 amide bonds. The Morgan fingerprint density at radius 1 is 1.56 bits per heavy atom. The highest BCUT2D eigenvalue weighted by Crippen LogP contribution is 2.28. The van der Waals surface area contributed by atoms with Crippen molar-refractivity contribution in [3.63, 3.8) is 0 Å². The molecule has 4 nitrogen and oxygen atoms in total. The van der Waals surface area contributed by atoms with Gasteiger partial charge in [0.15, 0.2) is 0 Å². The molecule has 0 radical (unpaired) electrons. The highest BCUT2D eigenvalue weighted by Gasteiger charge is 2.41. The summed E-state index contributed by atoms with van der Waals surface area (Å²) in [5.74, 6) is -3.04. The van der Waals surface area contributed by atoms with Gasteiger partial charge in [-0.1, -0.05) is 0 Å². The van der Waals surface area contributed by atoms with Gasteiger partial charge in [-0.05, 0) is 13.0 Å². The van der Waals surface area contributed by atoms with Crippen LogP contribution in [0.25, 0.3) is 0 Å². The molecule has 0 bridgehead atoms. The molecule has 0 aliphatic carbocycles. The van der Waals surface area contributed by atoms with E-state index in [4.69, 9.17) is 0 Å². The molecule has 88 valence electrons. The standard InChI is InChI=1S/C10H13F2N3O/c1-8(15-5-2-4-13-15)9(16)14-6-3-10(11,12)7-14/h2,4-5,8H,3,6-7H2,1H3/t8-/m1/s1. The number of alkyl halides is 2. The summed E-state index contributed by atoms with van der Waals surface area (Å²) in [6, 6.07) is 1.17. The van der Waals surface area contributed by atoms with Crippen LogP contribution in [-0.2, 0) is 4.79 Å². The summed E-state index contributed by atoms with van der Waals surface area (Å²) in [5.41, 5.74) is 0. The van der Waals surface area contributed by atoms with Crippen molar-refractivity contribution in [2.24, 2.45) is 0 Å². The number of carbonyl (C=O) groups excluding carboxylic acids is 1. The number of carbonyl (C=O) groups is 1. The van der Waals surface area contributed by atoms with Gasteiger partial charge in [0.05, 0.1) is 6.54 Å². The van der Waals surface area contributed by atoms with Crippen LogP contribution in [-0.4, -0.2) is 39.6 Å². The quantitative estimate of drug-likeness (QED) is 0.767. The normalized spacial score (nSPS) is 21.1. The topological polar surface area (TPSA) is 38.1 Å². The van der Waals surface area contributed by atoms with Gasteiger partial charge in [-0.15, -0.1) is 0 Å². The minimum absolute atomic E-state index is 0.122. The summed E-state index contributed by atoms with van der Waals surface area (Å²) in [6.07, 6.45) is 2.96.